The Hall–Kier alpha value is -1.02. The van der Waals surface area contributed by atoms with Crippen molar-refractivity contribution in [1.82, 2.24) is 5.32 Å². The summed E-state index contributed by atoms with van der Waals surface area (Å²) in [4.78, 5) is 2.50. The summed E-state index contributed by atoms with van der Waals surface area (Å²) >= 11 is 0. The number of rotatable bonds is 5. The average Bonchev–Trinajstić information content (AvgIpc) is 2.77. The van der Waals surface area contributed by atoms with Crippen molar-refractivity contribution in [2.45, 2.75) is 64.0 Å². The minimum Gasteiger partial charge on any atom is -0.372 e. The molecular weight excluding hydrogens is 244 g/mol. The zero-order valence-corrected chi connectivity index (χ0v) is 13.4. The predicted molar refractivity (Wildman–Crippen MR) is 88.4 cm³/mol. The third kappa shape index (κ3) is 3.76. The van der Waals surface area contributed by atoms with Crippen molar-refractivity contribution in [2.75, 3.05) is 19.0 Å². The third-order valence-corrected chi connectivity index (χ3v) is 4.83. The van der Waals surface area contributed by atoms with E-state index in [0.29, 0.717) is 6.04 Å². The van der Waals surface area contributed by atoms with Gasteiger partial charge in [0, 0.05) is 24.8 Å². The van der Waals surface area contributed by atoms with E-state index in [-0.39, 0.29) is 0 Å². The van der Waals surface area contributed by atoms with E-state index in [9.17, 15) is 0 Å². The molecule has 112 valence electrons. The fraction of sp³-hybridized carbons (Fsp3) is 0.667. The monoisotopic (exact) mass is 274 g/mol. The molecule has 2 heteroatoms. The van der Waals surface area contributed by atoms with Crippen LogP contribution in [0.25, 0.3) is 0 Å². The first-order chi connectivity index (χ1) is 9.76. The van der Waals surface area contributed by atoms with Crippen LogP contribution < -0.4 is 10.2 Å². The van der Waals surface area contributed by atoms with Gasteiger partial charge < -0.3 is 10.2 Å². The molecule has 0 spiro atoms. The Labute approximate surface area is 124 Å². The molecule has 1 aliphatic carbocycles. The van der Waals surface area contributed by atoms with Crippen LogP contribution >= 0.6 is 0 Å². The number of nitrogens with one attached hydrogen (secondary N) is 1. The van der Waals surface area contributed by atoms with Gasteiger partial charge in [0.15, 0.2) is 0 Å². The standard InChI is InChI=1S/C18H30N2/c1-4-18(19-2)15-11-13-17(14-12-15)20(3)16-9-7-5-6-8-10-16/h11-14,16,18-19H,4-10H2,1-3H3. The van der Waals surface area contributed by atoms with Crippen LogP contribution in [0.4, 0.5) is 5.69 Å². The van der Waals surface area contributed by atoms with Crippen molar-refractivity contribution < 1.29 is 0 Å². The largest absolute Gasteiger partial charge is 0.372 e. The summed E-state index contributed by atoms with van der Waals surface area (Å²) < 4.78 is 0. The van der Waals surface area contributed by atoms with Crippen LogP contribution in [0.5, 0.6) is 0 Å². The molecule has 20 heavy (non-hydrogen) atoms. The number of anilines is 1. The molecule has 0 aliphatic heterocycles. The summed E-state index contributed by atoms with van der Waals surface area (Å²) in [7, 11) is 4.31. The summed E-state index contributed by atoms with van der Waals surface area (Å²) in [6.07, 6.45) is 9.47. The second-order valence-corrected chi connectivity index (χ2v) is 6.10. The first-order valence-electron chi connectivity index (χ1n) is 8.26. The zero-order valence-electron chi connectivity index (χ0n) is 13.4. The molecule has 1 aromatic carbocycles. The van der Waals surface area contributed by atoms with E-state index in [1.54, 1.807) is 0 Å². The predicted octanol–water partition coefficient (Wildman–Crippen LogP) is 4.52. The molecular formula is C18H30N2. The molecule has 0 amide bonds. The smallest absolute Gasteiger partial charge is 0.0366 e. The SMILES string of the molecule is CCC(NC)c1ccc(N(C)C2CCCCCC2)cc1. The lowest BCUT2D eigenvalue weighted by Gasteiger charge is -2.29. The first-order valence-corrected chi connectivity index (χ1v) is 8.26. The molecule has 1 saturated carbocycles. The maximum atomic E-state index is 3.37. The average molecular weight is 274 g/mol. The van der Waals surface area contributed by atoms with Gasteiger partial charge >= 0.3 is 0 Å². The van der Waals surface area contributed by atoms with Crippen molar-refractivity contribution >= 4 is 5.69 Å². The highest BCUT2D eigenvalue weighted by atomic mass is 15.1. The van der Waals surface area contributed by atoms with Gasteiger partial charge in [-0.05, 0) is 44.0 Å². The van der Waals surface area contributed by atoms with Crippen LogP contribution in [0, 0.1) is 0 Å². The normalized spacial score (nSPS) is 18.6. The topological polar surface area (TPSA) is 15.3 Å². The van der Waals surface area contributed by atoms with Crippen LogP contribution in [0.2, 0.25) is 0 Å². The van der Waals surface area contributed by atoms with Gasteiger partial charge in [-0.15, -0.1) is 0 Å². The van der Waals surface area contributed by atoms with Gasteiger partial charge in [-0.2, -0.15) is 0 Å². The molecule has 0 aromatic heterocycles. The molecule has 0 heterocycles. The fourth-order valence-corrected chi connectivity index (χ4v) is 3.40. The lowest BCUT2D eigenvalue weighted by molar-refractivity contribution is 0.552. The molecule has 0 bridgehead atoms. The minimum atomic E-state index is 0.479. The van der Waals surface area contributed by atoms with Crippen molar-refractivity contribution in [3.05, 3.63) is 29.8 Å². The van der Waals surface area contributed by atoms with Crippen LogP contribution in [0.3, 0.4) is 0 Å². The van der Waals surface area contributed by atoms with E-state index < -0.39 is 0 Å². The van der Waals surface area contributed by atoms with Crippen LogP contribution in [0.15, 0.2) is 24.3 Å². The second-order valence-electron chi connectivity index (χ2n) is 6.10. The van der Waals surface area contributed by atoms with Crippen molar-refractivity contribution in [2.24, 2.45) is 0 Å². The van der Waals surface area contributed by atoms with Crippen molar-refractivity contribution in [3.8, 4) is 0 Å². The molecule has 1 unspecified atom stereocenters. The van der Waals surface area contributed by atoms with Gasteiger partial charge in [0.1, 0.15) is 0 Å². The quantitative estimate of drug-likeness (QED) is 0.794. The summed E-state index contributed by atoms with van der Waals surface area (Å²) in [5, 5.41) is 3.37. The number of hydrogen-bond donors (Lipinski definition) is 1. The van der Waals surface area contributed by atoms with Crippen molar-refractivity contribution in [1.29, 1.82) is 0 Å². The van der Waals surface area contributed by atoms with Gasteiger partial charge in [0.2, 0.25) is 0 Å². The third-order valence-electron chi connectivity index (χ3n) is 4.83. The van der Waals surface area contributed by atoms with Gasteiger partial charge in [0.25, 0.3) is 0 Å². The molecule has 2 rings (SSSR count). The van der Waals surface area contributed by atoms with Crippen molar-refractivity contribution in [3.63, 3.8) is 0 Å². The molecule has 0 saturated heterocycles. The zero-order chi connectivity index (χ0) is 14.4. The van der Waals surface area contributed by atoms with Gasteiger partial charge in [0.05, 0.1) is 0 Å². The Kier molecular flexibility index (Phi) is 5.90. The molecule has 1 aromatic rings. The van der Waals surface area contributed by atoms with Gasteiger partial charge in [-0.25, -0.2) is 0 Å². The Morgan fingerprint density at radius 1 is 1.10 bits per heavy atom. The summed E-state index contributed by atoms with van der Waals surface area (Å²) in [5.41, 5.74) is 2.76. The molecule has 1 N–H and O–H groups in total. The van der Waals surface area contributed by atoms with Gasteiger partial charge in [-0.1, -0.05) is 44.7 Å². The second kappa shape index (κ2) is 7.68. The maximum Gasteiger partial charge on any atom is 0.0366 e. The number of hydrogen-bond acceptors (Lipinski definition) is 2. The first kappa shape index (κ1) is 15.4. The van der Waals surface area contributed by atoms with E-state index in [1.165, 1.54) is 49.8 Å². The molecule has 1 aliphatic rings. The van der Waals surface area contributed by atoms with Crippen LogP contribution in [-0.2, 0) is 0 Å². The lowest BCUT2D eigenvalue weighted by Crippen LogP contribution is -2.31. The highest BCUT2D eigenvalue weighted by Crippen LogP contribution is 2.26. The van der Waals surface area contributed by atoms with Crippen LogP contribution in [0.1, 0.15) is 63.5 Å². The summed E-state index contributed by atoms with van der Waals surface area (Å²) in [6, 6.07) is 10.4. The number of nitrogens with zero attached hydrogens (tertiary/aromatic N) is 1. The van der Waals surface area contributed by atoms with E-state index in [1.807, 2.05) is 7.05 Å². The molecule has 1 fully saturated rings. The Bertz CT molecular complexity index is 373. The summed E-state index contributed by atoms with van der Waals surface area (Å²) in [6.45, 7) is 2.23. The van der Waals surface area contributed by atoms with Gasteiger partial charge in [-0.3, -0.25) is 0 Å². The van der Waals surface area contributed by atoms with E-state index in [0.717, 1.165) is 12.5 Å². The van der Waals surface area contributed by atoms with E-state index in [4.69, 9.17) is 0 Å². The molecule has 1 atom stereocenters. The molecule has 0 radical (unpaired) electrons. The highest BCUT2D eigenvalue weighted by molar-refractivity contribution is 5.48. The Morgan fingerprint density at radius 3 is 2.20 bits per heavy atom. The lowest BCUT2D eigenvalue weighted by atomic mass is 10.0. The van der Waals surface area contributed by atoms with E-state index >= 15 is 0 Å². The highest BCUT2D eigenvalue weighted by Gasteiger charge is 2.17. The number of benzene rings is 1. The maximum absolute atomic E-state index is 3.37. The van der Waals surface area contributed by atoms with E-state index in [2.05, 4.69) is 48.5 Å². The molecule has 2 nitrogen and oxygen atoms in total. The summed E-state index contributed by atoms with van der Waals surface area (Å²) in [5.74, 6) is 0. The van der Waals surface area contributed by atoms with Crippen LogP contribution in [-0.4, -0.2) is 20.1 Å². The Morgan fingerprint density at radius 2 is 1.70 bits per heavy atom. The Balaban J connectivity index is 2.04. The minimum absolute atomic E-state index is 0.479. The fourth-order valence-electron chi connectivity index (χ4n) is 3.40.